The molecule has 4 aromatic rings. The molecule has 1 aromatic carbocycles. The van der Waals surface area contributed by atoms with Crippen molar-refractivity contribution in [3.63, 3.8) is 0 Å². The van der Waals surface area contributed by atoms with Gasteiger partial charge in [-0.15, -0.1) is 22.7 Å². The maximum Gasteiger partial charge on any atom is 0.309 e. The van der Waals surface area contributed by atoms with E-state index in [0.717, 1.165) is 26.3 Å². The smallest absolute Gasteiger partial charge is 0.309 e. The number of carbonyl (C=O) groups is 1. The summed E-state index contributed by atoms with van der Waals surface area (Å²) < 4.78 is 20.4. The molecule has 0 amide bonds. The van der Waals surface area contributed by atoms with Gasteiger partial charge in [0.25, 0.3) is 0 Å². The summed E-state index contributed by atoms with van der Waals surface area (Å²) in [4.78, 5) is 18.1. The van der Waals surface area contributed by atoms with Crippen LogP contribution in [0.3, 0.4) is 0 Å². The fourth-order valence-corrected chi connectivity index (χ4v) is 5.36. The fourth-order valence-electron chi connectivity index (χ4n) is 3.81. The van der Waals surface area contributed by atoms with Gasteiger partial charge in [0.1, 0.15) is 11.9 Å². The highest BCUT2D eigenvalue weighted by atomic mass is 32.1. The molecule has 5 rings (SSSR count). The fraction of sp³-hybridized carbons (Fsp3) is 0.167. The molecule has 0 aliphatic carbocycles. The molecule has 3 aromatic heterocycles. The second-order valence-corrected chi connectivity index (χ2v) is 9.27. The lowest BCUT2D eigenvalue weighted by Gasteiger charge is -2.23. The molecule has 1 fully saturated rings. The average Bonchev–Trinajstić information content (AvgIpc) is 3.45. The van der Waals surface area contributed by atoms with E-state index < -0.39 is 18.2 Å². The number of thiophene rings is 2. The average molecular weight is 452 g/mol. The molecule has 1 saturated heterocycles. The van der Waals surface area contributed by atoms with Crippen molar-refractivity contribution >= 4 is 45.6 Å². The third-order valence-corrected chi connectivity index (χ3v) is 7.01. The summed E-state index contributed by atoms with van der Waals surface area (Å²) in [5.74, 6) is -0.702. The number of carbonyl (C=O) groups excluding carboxylic acids is 1. The standard InChI is InChI=1S/C24H18FNO3S2/c25-19-11-18-20(12-17(19)21-3-1-7-30-21)26-13-14(24(18)22-4-2-8-31-22)5-6-16-9-15(27)10-23(28)29-16/h1-8,11-13,15-16,27H,9-10H2/t15-,16-/m1/s1. The van der Waals surface area contributed by atoms with Crippen molar-refractivity contribution in [3.05, 3.63) is 70.8 Å². The maximum atomic E-state index is 15.1. The summed E-state index contributed by atoms with van der Waals surface area (Å²) in [5, 5.41) is 14.5. The van der Waals surface area contributed by atoms with Gasteiger partial charge >= 0.3 is 5.97 Å². The molecule has 0 saturated carbocycles. The Bertz CT molecular complexity index is 1270. The van der Waals surface area contributed by atoms with Gasteiger partial charge in [-0.3, -0.25) is 9.78 Å². The van der Waals surface area contributed by atoms with E-state index in [-0.39, 0.29) is 12.2 Å². The Labute approximate surface area is 186 Å². The van der Waals surface area contributed by atoms with Crippen LogP contribution >= 0.6 is 22.7 Å². The number of fused-ring (bicyclic) bond motifs is 1. The zero-order valence-electron chi connectivity index (χ0n) is 16.3. The molecule has 156 valence electrons. The molecule has 7 heteroatoms. The van der Waals surface area contributed by atoms with Gasteiger partial charge in [0, 0.05) is 44.4 Å². The van der Waals surface area contributed by atoms with Crippen molar-refractivity contribution in [2.45, 2.75) is 25.0 Å². The largest absolute Gasteiger partial charge is 0.458 e. The summed E-state index contributed by atoms with van der Waals surface area (Å²) in [6.45, 7) is 0. The summed E-state index contributed by atoms with van der Waals surface area (Å²) in [7, 11) is 0. The van der Waals surface area contributed by atoms with Gasteiger partial charge in [0.05, 0.1) is 18.0 Å². The minimum absolute atomic E-state index is 0.0220. The van der Waals surface area contributed by atoms with Gasteiger partial charge in [-0.05, 0) is 41.1 Å². The number of cyclic esters (lactones) is 1. The van der Waals surface area contributed by atoms with Crippen LogP contribution in [0.4, 0.5) is 4.39 Å². The van der Waals surface area contributed by atoms with Gasteiger partial charge in [-0.25, -0.2) is 4.39 Å². The predicted octanol–water partition coefficient (Wildman–Crippen LogP) is 5.91. The zero-order valence-corrected chi connectivity index (χ0v) is 18.0. The molecule has 0 radical (unpaired) electrons. The maximum absolute atomic E-state index is 15.1. The van der Waals surface area contributed by atoms with Crippen molar-refractivity contribution in [2.24, 2.45) is 0 Å². The van der Waals surface area contributed by atoms with Crippen molar-refractivity contribution in [1.29, 1.82) is 0 Å². The Kier molecular flexibility index (Phi) is 5.40. The third-order valence-electron chi connectivity index (χ3n) is 5.22. The number of aromatic nitrogens is 1. The van der Waals surface area contributed by atoms with E-state index in [9.17, 15) is 9.90 Å². The number of esters is 1. The number of pyridine rings is 1. The topological polar surface area (TPSA) is 59.4 Å². The first-order valence-corrected chi connectivity index (χ1v) is 11.6. The molecule has 0 bridgehead atoms. The van der Waals surface area contributed by atoms with Crippen LogP contribution in [0.15, 0.2) is 59.4 Å². The summed E-state index contributed by atoms with van der Waals surface area (Å²) in [5.41, 5.74) is 2.94. The van der Waals surface area contributed by atoms with Crippen LogP contribution in [-0.4, -0.2) is 28.3 Å². The zero-order chi connectivity index (χ0) is 21.4. The minimum Gasteiger partial charge on any atom is -0.458 e. The second kappa shape index (κ2) is 8.34. The van der Waals surface area contributed by atoms with E-state index >= 15 is 4.39 Å². The van der Waals surface area contributed by atoms with Crippen LogP contribution in [0, 0.1) is 5.82 Å². The Hall–Kier alpha value is -2.87. The Morgan fingerprint density at radius 1 is 1.16 bits per heavy atom. The molecular formula is C24H18FNO3S2. The highest BCUT2D eigenvalue weighted by Gasteiger charge is 2.25. The summed E-state index contributed by atoms with van der Waals surface area (Å²) in [6, 6.07) is 11.1. The first-order chi connectivity index (χ1) is 15.1. The lowest BCUT2D eigenvalue weighted by Crippen LogP contribution is -2.31. The number of nitrogens with zero attached hydrogens (tertiary/aromatic N) is 1. The molecule has 1 aliphatic rings. The molecule has 2 atom stereocenters. The van der Waals surface area contributed by atoms with Gasteiger partial charge in [-0.2, -0.15) is 0 Å². The van der Waals surface area contributed by atoms with Gasteiger partial charge in [0.2, 0.25) is 0 Å². The number of halogens is 1. The lowest BCUT2D eigenvalue weighted by molar-refractivity contribution is -0.156. The number of aliphatic hydroxyl groups excluding tert-OH is 1. The Balaban J connectivity index is 1.62. The van der Waals surface area contributed by atoms with Gasteiger partial charge < -0.3 is 9.84 Å². The number of hydrogen-bond donors (Lipinski definition) is 1. The molecule has 0 unspecified atom stereocenters. The quantitative estimate of drug-likeness (QED) is 0.392. The summed E-state index contributed by atoms with van der Waals surface area (Å²) in [6.07, 6.45) is 4.53. The Morgan fingerprint density at radius 2 is 1.94 bits per heavy atom. The SMILES string of the molecule is O=C1C[C@H](O)C[C@@H](C=Cc2cnc3cc(-c4cccs4)c(F)cc3c2-c2cccs2)O1. The van der Waals surface area contributed by atoms with E-state index in [0.29, 0.717) is 17.5 Å². The molecular weight excluding hydrogens is 433 g/mol. The highest BCUT2D eigenvalue weighted by molar-refractivity contribution is 7.14. The lowest BCUT2D eigenvalue weighted by atomic mass is 9.98. The van der Waals surface area contributed by atoms with Crippen LogP contribution in [-0.2, 0) is 9.53 Å². The molecule has 4 heterocycles. The first kappa shape index (κ1) is 20.1. The number of ether oxygens (including phenoxy) is 1. The predicted molar refractivity (Wildman–Crippen MR) is 122 cm³/mol. The van der Waals surface area contributed by atoms with E-state index in [1.54, 1.807) is 35.7 Å². The number of benzene rings is 1. The monoisotopic (exact) mass is 451 g/mol. The van der Waals surface area contributed by atoms with Gasteiger partial charge in [-0.1, -0.05) is 18.2 Å². The van der Waals surface area contributed by atoms with Crippen molar-refractivity contribution < 1.29 is 19.0 Å². The van der Waals surface area contributed by atoms with Crippen LogP contribution in [0.1, 0.15) is 18.4 Å². The van der Waals surface area contributed by atoms with E-state index in [1.165, 1.54) is 11.3 Å². The second-order valence-electron chi connectivity index (χ2n) is 7.37. The molecule has 1 aliphatic heterocycles. The molecule has 4 nitrogen and oxygen atoms in total. The van der Waals surface area contributed by atoms with Crippen molar-refractivity contribution in [1.82, 2.24) is 4.98 Å². The van der Waals surface area contributed by atoms with Crippen LogP contribution in [0.5, 0.6) is 0 Å². The van der Waals surface area contributed by atoms with Crippen LogP contribution < -0.4 is 0 Å². The number of aliphatic hydroxyl groups is 1. The first-order valence-electron chi connectivity index (χ1n) is 9.84. The van der Waals surface area contributed by atoms with Crippen molar-refractivity contribution in [3.8, 4) is 20.9 Å². The molecule has 1 N–H and O–H groups in total. The van der Waals surface area contributed by atoms with Crippen molar-refractivity contribution in [2.75, 3.05) is 0 Å². The summed E-state index contributed by atoms with van der Waals surface area (Å²) >= 11 is 3.06. The number of hydrogen-bond acceptors (Lipinski definition) is 6. The minimum atomic E-state index is -0.702. The normalized spacial score (nSPS) is 19.2. The number of rotatable bonds is 4. The van der Waals surface area contributed by atoms with Gasteiger partial charge in [0.15, 0.2) is 0 Å². The van der Waals surface area contributed by atoms with E-state index in [1.807, 2.05) is 41.1 Å². The van der Waals surface area contributed by atoms with E-state index in [2.05, 4.69) is 4.98 Å². The molecule has 0 spiro atoms. The Morgan fingerprint density at radius 3 is 2.65 bits per heavy atom. The van der Waals surface area contributed by atoms with Crippen LogP contribution in [0.25, 0.3) is 37.9 Å². The van der Waals surface area contributed by atoms with Crippen LogP contribution in [0.2, 0.25) is 0 Å². The highest BCUT2D eigenvalue weighted by Crippen LogP contribution is 2.38. The third kappa shape index (κ3) is 4.04. The van der Waals surface area contributed by atoms with E-state index in [4.69, 9.17) is 4.74 Å². The molecule has 31 heavy (non-hydrogen) atoms.